The summed E-state index contributed by atoms with van der Waals surface area (Å²) in [7, 11) is 1.56. The summed E-state index contributed by atoms with van der Waals surface area (Å²) in [5.74, 6) is 1.18. The molecule has 4 aromatic rings. The van der Waals surface area contributed by atoms with Gasteiger partial charge in [-0.15, -0.1) is 5.10 Å². The molecule has 2 heterocycles. The van der Waals surface area contributed by atoms with Gasteiger partial charge in [-0.1, -0.05) is 47.5 Å². The van der Waals surface area contributed by atoms with Crippen molar-refractivity contribution in [2.75, 3.05) is 7.11 Å². The summed E-state index contributed by atoms with van der Waals surface area (Å²) in [5.41, 5.74) is 1.23. The number of nitrogens with one attached hydrogen (secondary N) is 2. The van der Waals surface area contributed by atoms with Gasteiger partial charge in [0, 0.05) is 10.6 Å². The molecule has 10 heteroatoms. The summed E-state index contributed by atoms with van der Waals surface area (Å²) in [4.78, 5) is 12.7. The van der Waals surface area contributed by atoms with E-state index < -0.39 is 0 Å². The van der Waals surface area contributed by atoms with Crippen LogP contribution in [-0.4, -0.2) is 37.5 Å². The number of hydrogen-bond acceptors (Lipinski definition) is 6. The molecule has 0 aliphatic heterocycles. The van der Waals surface area contributed by atoms with Crippen molar-refractivity contribution in [1.29, 1.82) is 0 Å². The van der Waals surface area contributed by atoms with Crippen molar-refractivity contribution in [3.8, 4) is 17.4 Å². The number of benzene rings is 2. The summed E-state index contributed by atoms with van der Waals surface area (Å²) in [5, 5.41) is 17.6. The van der Waals surface area contributed by atoms with Crippen LogP contribution in [0.5, 0.6) is 11.5 Å². The first-order valence-corrected chi connectivity index (χ1v) is 9.24. The maximum absolute atomic E-state index is 12.7. The molecule has 0 saturated heterocycles. The van der Waals surface area contributed by atoms with Crippen LogP contribution >= 0.6 is 11.6 Å². The number of aromatic nitrogens is 6. The molecule has 4 rings (SSSR count). The molecule has 0 spiro atoms. The Hall–Kier alpha value is -3.85. The lowest BCUT2D eigenvalue weighted by Gasteiger charge is -2.12. The molecule has 0 aliphatic carbocycles. The Bertz CT molecular complexity index is 1340. The number of ether oxygens (including phenoxy) is 2. The molecule has 0 atom stereocenters. The van der Waals surface area contributed by atoms with Crippen molar-refractivity contribution in [3.63, 3.8) is 0 Å². The highest BCUT2D eigenvalue weighted by molar-refractivity contribution is 6.31. The first kappa shape index (κ1) is 19.5. The topological polar surface area (TPSA) is 111 Å². The number of rotatable bonds is 6. The molecule has 152 valence electrons. The number of H-pyrrole nitrogens is 2. The normalized spacial score (nSPS) is 11.6. The molecule has 2 aromatic carbocycles. The maximum atomic E-state index is 12.7. The fraction of sp³-hybridized carbons (Fsp3) is 0.100. The van der Waals surface area contributed by atoms with Gasteiger partial charge in [0.2, 0.25) is 0 Å². The third-order valence-corrected chi connectivity index (χ3v) is 4.75. The number of nitrogens with zero attached hydrogens (tertiary/aromatic N) is 4. The molecule has 30 heavy (non-hydrogen) atoms. The quantitative estimate of drug-likeness (QED) is 0.480. The van der Waals surface area contributed by atoms with E-state index in [2.05, 4.69) is 32.3 Å². The number of aromatic amines is 2. The molecule has 9 nitrogen and oxygen atoms in total. The van der Waals surface area contributed by atoms with E-state index in [1.165, 1.54) is 0 Å². The van der Waals surface area contributed by atoms with Crippen LogP contribution in [0.4, 0.5) is 0 Å². The number of methoxy groups -OCH3 is 1. The standard InChI is InChI=1S/C20H17ClN6O3/c1-12-15(19(28)27(24-12)20-22-25-26-23-20)9-13-7-8-17(29-2)18(10-13)30-11-14-5-3-4-6-16(14)21/h3-10,24H,1,11H2,2H3,(H,22,23,25,26)/b15-9-. The van der Waals surface area contributed by atoms with Gasteiger partial charge in [-0.05, 0) is 35.1 Å². The SMILES string of the molecule is C=c1[nH]n(-c2nn[nH]n2)c(=O)/c1=C\c1ccc(OC)c(OCc2ccccc2Cl)c1. The van der Waals surface area contributed by atoms with Crippen molar-refractivity contribution < 1.29 is 9.47 Å². The summed E-state index contributed by atoms with van der Waals surface area (Å²) < 4.78 is 12.5. The van der Waals surface area contributed by atoms with Gasteiger partial charge in [0.1, 0.15) is 6.61 Å². The molecule has 0 amide bonds. The predicted octanol–water partition coefficient (Wildman–Crippen LogP) is 1.16. The zero-order chi connectivity index (χ0) is 21.1. The van der Waals surface area contributed by atoms with E-state index in [0.29, 0.717) is 27.1 Å². The molecular weight excluding hydrogens is 408 g/mol. The van der Waals surface area contributed by atoms with E-state index in [0.717, 1.165) is 15.8 Å². The predicted molar refractivity (Wildman–Crippen MR) is 111 cm³/mol. The minimum atomic E-state index is -0.351. The zero-order valence-corrected chi connectivity index (χ0v) is 16.7. The molecule has 0 fully saturated rings. The summed E-state index contributed by atoms with van der Waals surface area (Å²) in [6.45, 7) is 4.16. The highest BCUT2D eigenvalue weighted by atomic mass is 35.5. The van der Waals surface area contributed by atoms with E-state index in [1.54, 1.807) is 31.4 Å². The second-order valence-corrected chi connectivity index (χ2v) is 6.70. The van der Waals surface area contributed by atoms with Crippen LogP contribution in [0, 0.1) is 0 Å². The van der Waals surface area contributed by atoms with E-state index in [4.69, 9.17) is 21.1 Å². The van der Waals surface area contributed by atoms with E-state index in [1.807, 2.05) is 24.3 Å². The van der Waals surface area contributed by atoms with Crippen LogP contribution < -0.4 is 25.6 Å². The number of hydrogen-bond donors (Lipinski definition) is 2. The second-order valence-electron chi connectivity index (χ2n) is 6.29. The Labute approximate surface area is 175 Å². The van der Waals surface area contributed by atoms with Crippen LogP contribution in [0.15, 0.2) is 47.3 Å². The van der Waals surface area contributed by atoms with Gasteiger partial charge in [0.05, 0.1) is 17.7 Å². The lowest BCUT2D eigenvalue weighted by atomic mass is 10.1. The highest BCUT2D eigenvalue weighted by Crippen LogP contribution is 2.29. The van der Waals surface area contributed by atoms with Crippen molar-refractivity contribution in [1.82, 2.24) is 30.4 Å². The minimum absolute atomic E-state index is 0.100. The molecule has 0 bridgehead atoms. The first-order valence-electron chi connectivity index (χ1n) is 8.86. The van der Waals surface area contributed by atoms with Gasteiger partial charge < -0.3 is 9.47 Å². The molecule has 0 aliphatic rings. The maximum Gasteiger partial charge on any atom is 0.291 e. The molecule has 0 unspecified atom stereocenters. The van der Waals surface area contributed by atoms with Crippen LogP contribution in [0.25, 0.3) is 18.6 Å². The average molecular weight is 425 g/mol. The molecular formula is C20H17ClN6O3. The molecule has 2 aromatic heterocycles. The second kappa shape index (κ2) is 8.26. The summed E-state index contributed by atoms with van der Waals surface area (Å²) >= 11 is 6.20. The van der Waals surface area contributed by atoms with Crippen molar-refractivity contribution >= 4 is 24.3 Å². The van der Waals surface area contributed by atoms with Gasteiger partial charge in [-0.25, -0.2) is 0 Å². The third kappa shape index (κ3) is 3.83. The summed E-state index contributed by atoms with van der Waals surface area (Å²) in [6.07, 6.45) is 1.69. The van der Waals surface area contributed by atoms with E-state index in [9.17, 15) is 4.79 Å². The Kier molecular flexibility index (Phi) is 5.36. The Morgan fingerprint density at radius 1 is 1.23 bits per heavy atom. The van der Waals surface area contributed by atoms with Gasteiger partial charge in [-0.3, -0.25) is 9.89 Å². The average Bonchev–Trinajstić information content (AvgIpc) is 3.37. The molecule has 2 N–H and O–H groups in total. The van der Waals surface area contributed by atoms with Crippen LogP contribution in [-0.2, 0) is 6.61 Å². The van der Waals surface area contributed by atoms with Crippen molar-refractivity contribution in [3.05, 3.63) is 79.5 Å². The lowest BCUT2D eigenvalue weighted by Crippen LogP contribution is -2.34. The Balaban J connectivity index is 1.69. The van der Waals surface area contributed by atoms with Crippen molar-refractivity contribution in [2.24, 2.45) is 0 Å². The largest absolute Gasteiger partial charge is 0.493 e. The van der Waals surface area contributed by atoms with Crippen LogP contribution in [0.3, 0.4) is 0 Å². The Morgan fingerprint density at radius 2 is 2.07 bits per heavy atom. The van der Waals surface area contributed by atoms with Gasteiger partial charge in [0.25, 0.3) is 11.5 Å². The molecule has 0 saturated carbocycles. The Morgan fingerprint density at radius 3 is 2.80 bits per heavy atom. The van der Waals surface area contributed by atoms with Crippen molar-refractivity contribution in [2.45, 2.75) is 6.61 Å². The highest BCUT2D eigenvalue weighted by Gasteiger charge is 2.10. The number of tetrazole rings is 1. The van der Waals surface area contributed by atoms with Gasteiger partial charge >= 0.3 is 0 Å². The minimum Gasteiger partial charge on any atom is -0.493 e. The van der Waals surface area contributed by atoms with E-state index in [-0.39, 0.29) is 18.1 Å². The van der Waals surface area contributed by atoms with E-state index >= 15 is 0 Å². The fourth-order valence-electron chi connectivity index (χ4n) is 2.87. The van der Waals surface area contributed by atoms with Gasteiger partial charge in [0.15, 0.2) is 11.5 Å². The third-order valence-electron chi connectivity index (χ3n) is 4.38. The first-order chi connectivity index (χ1) is 14.6. The number of halogens is 1. The van der Waals surface area contributed by atoms with Crippen LogP contribution in [0.1, 0.15) is 11.1 Å². The lowest BCUT2D eigenvalue weighted by molar-refractivity contribution is 0.284. The molecule has 0 radical (unpaired) electrons. The zero-order valence-electron chi connectivity index (χ0n) is 15.9. The summed E-state index contributed by atoms with van der Waals surface area (Å²) in [6, 6.07) is 12.8. The smallest absolute Gasteiger partial charge is 0.291 e. The van der Waals surface area contributed by atoms with Crippen LogP contribution in [0.2, 0.25) is 5.02 Å². The van der Waals surface area contributed by atoms with Gasteiger partial charge in [-0.2, -0.15) is 9.90 Å². The fourth-order valence-corrected chi connectivity index (χ4v) is 3.06. The monoisotopic (exact) mass is 424 g/mol.